The zero-order valence-electron chi connectivity index (χ0n) is 22.1. The zero-order chi connectivity index (χ0) is 29.7. The number of aromatic nitrogens is 3. The van der Waals surface area contributed by atoms with Gasteiger partial charge in [0.1, 0.15) is 11.4 Å². The maximum Gasteiger partial charge on any atom is 0.335 e. The van der Waals surface area contributed by atoms with E-state index in [1.54, 1.807) is 30.3 Å². The molecule has 0 aliphatic carbocycles. The lowest BCUT2D eigenvalue weighted by molar-refractivity contribution is -0.122. The van der Waals surface area contributed by atoms with Gasteiger partial charge in [-0.15, -0.1) is 0 Å². The Balaban J connectivity index is 1.75. The van der Waals surface area contributed by atoms with Gasteiger partial charge in [-0.2, -0.15) is 0 Å². The number of rotatable bonds is 12. The number of nitrogens with zero attached hydrogens (tertiary/aromatic N) is 3. The summed E-state index contributed by atoms with van der Waals surface area (Å²) in [6.45, 7) is 0.191. The molecule has 0 bridgehead atoms. The largest absolute Gasteiger partial charge is 0.495 e. The summed E-state index contributed by atoms with van der Waals surface area (Å²) >= 11 is 6.27. The van der Waals surface area contributed by atoms with E-state index in [2.05, 4.69) is 4.98 Å². The highest BCUT2D eigenvalue weighted by Crippen LogP contribution is 2.36. The lowest BCUT2D eigenvalue weighted by atomic mass is 9.99. The molecule has 4 aromatic rings. The van der Waals surface area contributed by atoms with E-state index >= 15 is 0 Å². The first-order valence-electron chi connectivity index (χ1n) is 12.4. The van der Waals surface area contributed by atoms with Crippen molar-refractivity contribution in [2.75, 3.05) is 20.8 Å². The Bertz CT molecular complexity index is 1620. The zero-order valence-corrected chi connectivity index (χ0v) is 22.8. The number of aromatic carboxylic acids is 1. The number of carboxylic acids is 1. The monoisotopic (exact) mass is 585 g/mol. The van der Waals surface area contributed by atoms with Crippen LogP contribution < -0.4 is 10.3 Å². The molecule has 0 amide bonds. The summed E-state index contributed by atoms with van der Waals surface area (Å²) in [4.78, 5) is 41.8. The molecule has 1 N–H and O–H groups in total. The number of halogens is 3. The van der Waals surface area contributed by atoms with Crippen molar-refractivity contribution in [3.05, 3.63) is 99.4 Å². The van der Waals surface area contributed by atoms with Gasteiger partial charge in [-0.25, -0.2) is 18.6 Å². The van der Waals surface area contributed by atoms with Gasteiger partial charge in [-0.3, -0.25) is 9.59 Å². The number of Topliss-reactive ketones (excluding diaryl/α,β-unsaturated/α-hetero) is 1. The average molecular weight is 586 g/mol. The van der Waals surface area contributed by atoms with Gasteiger partial charge >= 0.3 is 5.97 Å². The van der Waals surface area contributed by atoms with Crippen LogP contribution in [0.5, 0.6) is 5.75 Å². The van der Waals surface area contributed by atoms with Gasteiger partial charge in [-0.05, 0) is 42.3 Å². The third kappa shape index (κ3) is 6.69. The molecule has 41 heavy (non-hydrogen) atoms. The summed E-state index contributed by atoms with van der Waals surface area (Å²) in [6, 6.07) is 11.1. The van der Waals surface area contributed by atoms with Gasteiger partial charge in [0.25, 0.3) is 12.0 Å². The summed E-state index contributed by atoms with van der Waals surface area (Å²) in [5.74, 6) is -1.13. The second-order valence-corrected chi connectivity index (χ2v) is 9.55. The predicted molar refractivity (Wildman–Crippen MR) is 147 cm³/mol. The van der Waals surface area contributed by atoms with Crippen LogP contribution >= 0.6 is 11.6 Å². The first kappa shape index (κ1) is 29.6. The highest BCUT2D eigenvalue weighted by atomic mass is 35.5. The Morgan fingerprint density at radius 1 is 1.05 bits per heavy atom. The van der Waals surface area contributed by atoms with Crippen molar-refractivity contribution >= 4 is 23.4 Å². The Kier molecular flexibility index (Phi) is 9.31. The van der Waals surface area contributed by atoms with Crippen molar-refractivity contribution < 1.29 is 33.0 Å². The van der Waals surface area contributed by atoms with E-state index in [-0.39, 0.29) is 36.5 Å². The molecule has 1 atom stereocenters. The van der Waals surface area contributed by atoms with E-state index in [1.165, 1.54) is 60.3 Å². The van der Waals surface area contributed by atoms with E-state index < -0.39 is 29.7 Å². The van der Waals surface area contributed by atoms with Crippen LogP contribution in [0.4, 0.5) is 8.78 Å². The minimum absolute atomic E-state index is 0.0453. The first-order valence-corrected chi connectivity index (χ1v) is 12.8. The molecule has 1 unspecified atom stereocenters. The topological polar surface area (TPSA) is 113 Å². The number of benzene rings is 2. The Morgan fingerprint density at radius 2 is 1.78 bits per heavy atom. The second-order valence-electron chi connectivity index (χ2n) is 9.11. The minimum atomic E-state index is -2.76. The molecule has 0 aliphatic heterocycles. The number of hydrogen-bond acceptors (Lipinski definition) is 6. The number of ether oxygens (including phenoxy) is 2. The predicted octanol–water partition coefficient (Wildman–Crippen LogP) is 5.39. The molecule has 0 radical (unpaired) electrons. The molecule has 2 aromatic carbocycles. The minimum Gasteiger partial charge on any atom is -0.495 e. The quantitative estimate of drug-likeness (QED) is 0.237. The third-order valence-electron chi connectivity index (χ3n) is 6.50. The number of ketones is 1. The molecule has 0 saturated carbocycles. The fourth-order valence-corrected chi connectivity index (χ4v) is 4.62. The number of carbonyl (C=O) groups is 2. The molecule has 0 spiro atoms. The van der Waals surface area contributed by atoms with Crippen molar-refractivity contribution in [3.8, 4) is 22.6 Å². The first-order chi connectivity index (χ1) is 19.6. The standard InChI is InChI=1S/C29H26ClF2N3O6/c1-40-10-9-24(25(36)11-17-3-5-18(6-4-17)29(38)39)35-15-26(41-2)21(13-27(35)37)20-12-19(30)7-8-23(20)34-14-22(28(31)32)33-16-34/h3-8,12-16,24,28H,9-11H2,1-2H3,(H,38,39). The summed E-state index contributed by atoms with van der Waals surface area (Å²) < 4.78 is 39.9. The van der Waals surface area contributed by atoms with E-state index in [4.69, 9.17) is 26.2 Å². The number of methoxy groups -OCH3 is 2. The summed E-state index contributed by atoms with van der Waals surface area (Å²) in [7, 11) is 2.88. The van der Waals surface area contributed by atoms with E-state index in [9.17, 15) is 23.2 Å². The summed E-state index contributed by atoms with van der Waals surface area (Å²) in [5, 5.41) is 9.46. The lowest BCUT2D eigenvalue weighted by Gasteiger charge is -2.21. The second kappa shape index (κ2) is 12.9. The smallest absolute Gasteiger partial charge is 0.335 e. The van der Waals surface area contributed by atoms with Crippen LogP contribution in [0.25, 0.3) is 16.8 Å². The van der Waals surface area contributed by atoms with Crippen LogP contribution in [0.3, 0.4) is 0 Å². The van der Waals surface area contributed by atoms with Gasteiger partial charge in [0.15, 0.2) is 5.78 Å². The van der Waals surface area contributed by atoms with Gasteiger partial charge < -0.3 is 23.7 Å². The number of pyridine rings is 1. The Hall–Kier alpha value is -4.35. The average Bonchev–Trinajstić information content (AvgIpc) is 3.44. The molecule has 0 fully saturated rings. The lowest BCUT2D eigenvalue weighted by Crippen LogP contribution is -2.31. The van der Waals surface area contributed by atoms with E-state index in [1.807, 2.05) is 0 Å². The highest BCUT2D eigenvalue weighted by Gasteiger charge is 2.24. The molecule has 2 aromatic heterocycles. The Morgan fingerprint density at radius 3 is 2.39 bits per heavy atom. The van der Waals surface area contributed by atoms with Gasteiger partial charge in [-0.1, -0.05) is 23.7 Å². The normalized spacial score (nSPS) is 12.0. The molecule has 214 valence electrons. The molecule has 0 saturated heterocycles. The number of hydrogen-bond donors (Lipinski definition) is 1. The summed E-state index contributed by atoms with van der Waals surface area (Å²) in [6.07, 6.45) is 1.24. The van der Waals surface area contributed by atoms with Crippen LogP contribution in [0.1, 0.15) is 40.5 Å². The summed E-state index contributed by atoms with van der Waals surface area (Å²) in [5.41, 5.74) is 0.949. The van der Waals surface area contributed by atoms with Crippen LogP contribution in [0.15, 0.2) is 72.0 Å². The third-order valence-corrected chi connectivity index (χ3v) is 6.73. The van der Waals surface area contributed by atoms with Gasteiger partial charge in [0, 0.05) is 48.6 Å². The number of carboxylic acid groups (broad SMARTS) is 1. The number of imidazole rings is 1. The number of alkyl halides is 2. The molecule has 9 nitrogen and oxygen atoms in total. The SMILES string of the molecule is COCCC(C(=O)Cc1ccc(C(=O)O)cc1)n1cc(OC)c(-c2cc(Cl)ccc2-n2cnc(C(F)F)c2)cc1=O. The van der Waals surface area contributed by atoms with Crippen LogP contribution in [-0.2, 0) is 16.0 Å². The van der Waals surface area contributed by atoms with Crippen molar-refractivity contribution in [2.24, 2.45) is 0 Å². The van der Waals surface area contributed by atoms with Crippen molar-refractivity contribution in [2.45, 2.75) is 25.3 Å². The maximum atomic E-state index is 13.5. The molecule has 12 heteroatoms. The van der Waals surface area contributed by atoms with Crippen molar-refractivity contribution in [1.82, 2.24) is 14.1 Å². The highest BCUT2D eigenvalue weighted by molar-refractivity contribution is 6.31. The molecule has 0 aliphatic rings. The van der Waals surface area contributed by atoms with Crippen LogP contribution in [-0.4, -0.2) is 51.8 Å². The van der Waals surface area contributed by atoms with Crippen LogP contribution in [0, 0.1) is 0 Å². The molecule has 4 rings (SSSR count). The van der Waals surface area contributed by atoms with Crippen LogP contribution in [0.2, 0.25) is 5.02 Å². The van der Waals surface area contributed by atoms with E-state index in [0.717, 1.165) is 0 Å². The molecular formula is C29H26ClF2N3O6. The molecule has 2 heterocycles. The van der Waals surface area contributed by atoms with Gasteiger partial charge in [0.05, 0.1) is 36.9 Å². The van der Waals surface area contributed by atoms with Crippen molar-refractivity contribution in [3.63, 3.8) is 0 Å². The van der Waals surface area contributed by atoms with Crippen molar-refractivity contribution in [1.29, 1.82) is 0 Å². The fourth-order valence-electron chi connectivity index (χ4n) is 4.45. The van der Waals surface area contributed by atoms with E-state index in [0.29, 0.717) is 27.4 Å². The van der Waals surface area contributed by atoms with Gasteiger partial charge in [0.2, 0.25) is 0 Å². The fraction of sp³-hybridized carbons (Fsp3) is 0.241. The maximum absolute atomic E-state index is 13.5. The molecular weight excluding hydrogens is 560 g/mol. The Labute approximate surface area is 238 Å². The number of carbonyl (C=O) groups excluding carboxylic acids is 1.